The monoisotopic (exact) mass is 349 g/mol. The molecule has 0 aliphatic carbocycles. The molecule has 1 saturated heterocycles. The van der Waals surface area contributed by atoms with Crippen molar-refractivity contribution in [3.8, 4) is 5.75 Å². The summed E-state index contributed by atoms with van der Waals surface area (Å²) in [6.07, 6.45) is 0.973. The van der Waals surface area contributed by atoms with E-state index in [0.29, 0.717) is 10.6 Å². The Morgan fingerprint density at radius 3 is 2.88 bits per heavy atom. The van der Waals surface area contributed by atoms with E-state index in [1.54, 1.807) is 17.0 Å². The van der Waals surface area contributed by atoms with Crippen molar-refractivity contribution in [3.63, 3.8) is 0 Å². The molecule has 24 heavy (non-hydrogen) atoms. The number of aromatic nitrogens is 1. The fraction of sp³-hybridized carbons (Fsp3) is 0.412. The van der Waals surface area contributed by atoms with Crippen LogP contribution in [0, 0.1) is 12.7 Å². The number of nitrogens with one attached hydrogen (secondary N) is 1. The maximum atomic E-state index is 12.9. The summed E-state index contributed by atoms with van der Waals surface area (Å²) in [5.41, 5.74) is 0.723. The molecule has 2 aromatic rings. The van der Waals surface area contributed by atoms with Crippen LogP contribution in [0.1, 0.15) is 26.8 Å². The number of likely N-dealkylation sites (N-methyl/N-ethyl adjacent to an activating group) is 1. The topological polar surface area (TPSA) is 54.5 Å². The molecular formula is C17H20FN3O2S. The second-order valence-corrected chi connectivity index (χ2v) is 6.91. The normalized spacial score (nSPS) is 17.0. The standard InChI is InChI=1S/C17H20FN3O2S/c1-11-16(17(22)21(2)13-7-8-19-9-13)24-15(20-11)10-23-14-5-3-12(18)4-6-14/h3-6,13,19H,7-10H2,1-2H3/t13-/m0/s1. The number of nitrogens with zero attached hydrogens (tertiary/aromatic N) is 2. The summed E-state index contributed by atoms with van der Waals surface area (Å²) in [6.45, 7) is 3.88. The molecule has 1 aliphatic rings. The van der Waals surface area contributed by atoms with E-state index in [1.807, 2.05) is 14.0 Å². The summed E-state index contributed by atoms with van der Waals surface area (Å²) in [5.74, 6) is 0.280. The molecule has 1 aromatic carbocycles. The Balaban J connectivity index is 1.65. The Labute approximate surface area is 144 Å². The third-order valence-electron chi connectivity index (χ3n) is 4.11. The maximum Gasteiger partial charge on any atom is 0.265 e. The van der Waals surface area contributed by atoms with Gasteiger partial charge in [0.15, 0.2) is 0 Å². The minimum absolute atomic E-state index is 0.00623. The number of halogens is 1. The van der Waals surface area contributed by atoms with Crippen LogP contribution in [-0.4, -0.2) is 42.0 Å². The highest BCUT2D eigenvalue weighted by molar-refractivity contribution is 7.13. The molecule has 0 unspecified atom stereocenters. The lowest BCUT2D eigenvalue weighted by atomic mass is 10.2. The SMILES string of the molecule is Cc1nc(COc2ccc(F)cc2)sc1C(=O)N(C)[C@H]1CCNC1. The summed E-state index contributed by atoms with van der Waals surface area (Å²) in [5, 5.41) is 4.00. The van der Waals surface area contributed by atoms with Crippen molar-refractivity contribution in [2.24, 2.45) is 0 Å². The summed E-state index contributed by atoms with van der Waals surface area (Å²) < 4.78 is 18.5. The van der Waals surface area contributed by atoms with Crippen molar-refractivity contribution >= 4 is 17.2 Å². The lowest BCUT2D eigenvalue weighted by Crippen LogP contribution is -2.38. The first-order valence-corrected chi connectivity index (χ1v) is 8.69. The van der Waals surface area contributed by atoms with Crippen molar-refractivity contribution in [3.05, 3.63) is 45.7 Å². The van der Waals surface area contributed by atoms with Crippen molar-refractivity contribution in [2.45, 2.75) is 26.0 Å². The van der Waals surface area contributed by atoms with E-state index in [1.165, 1.54) is 23.5 Å². The molecule has 1 aromatic heterocycles. The first-order valence-electron chi connectivity index (χ1n) is 7.87. The average molecular weight is 349 g/mol. The molecule has 0 saturated carbocycles. The van der Waals surface area contributed by atoms with Gasteiger partial charge in [-0.1, -0.05) is 0 Å². The van der Waals surface area contributed by atoms with Gasteiger partial charge in [-0.3, -0.25) is 4.79 Å². The summed E-state index contributed by atoms with van der Waals surface area (Å²) in [7, 11) is 1.84. The number of hydrogen-bond acceptors (Lipinski definition) is 5. The van der Waals surface area contributed by atoms with E-state index in [0.717, 1.165) is 30.2 Å². The quantitative estimate of drug-likeness (QED) is 0.902. The number of carbonyl (C=O) groups is 1. The van der Waals surface area contributed by atoms with E-state index in [9.17, 15) is 9.18 Å². The number of rotatable bonds is 5. The maximum absolute atomic E-state index is 12.9. The molecule has 1 aliphatic heterocycles. The van der Waals surface area contributed by atoms with E-state index in [-0.39, 0.29) is 24.4 Å². The van der Waals surface area contributed by atoms with E-state index >= 15 is 0 Å². The van der Waals surface area contributed by atoms with Gasteiger partial charge >= 0.3 is 0 Å². The highest BCUT2D eigenvalue weighted by Crippen LogP contribution is 2.23. The van der Waals surface area contributed by atoms with Crippen LogP contribution in [0.5, 0.6) is 5.75 Å². The van der Waals surface area contributed by atoms with E-state index < -0.39 is 0 Å². The first-order chi connectivity index (χ1) is 11.5. The predicted octanol–water partition coefficient (Wildman–Crippen LogP) is 2.60. The van der Waals surface area contributed by atoms with Gasteiger partial charge in [-0.25, -0.2) is 9.37 Å². The molecule has 1 amide bonds. The minimum Gasteiger partial charge on any atom is -0.486 e. The third kappa shape index (κ3) is 3.73. The number of benzene rings is 1. The van der Waals surface area contributed by atoms with Crippen LogP contribution in [0.25, 0.3) is 0 Å². The molecule has 128 valence electrons. The Morgan fingerprint density at radius 1 is 1.46 bits per heavy atom. The highest BCUT2D eigenvalue weighted by atomic mass is 32.1. The zero-order valence-electron chi connectivity index (χ0n) is 13.7. The third-order valence-corrected chi connectivity index (χ3v) is 5.23. The van der Waals surface area contributed by atoms with Crippen molar-refractivity contribution < 1.29 is 13.9 Å². The summed E-state index contributed by atoms with van der Waals surface area (Å²) in [4.78, 5) is 19.5. The van der Waals surface area contributed by atoms with Crippen molar-refractivity contribution in [1.82, 2.24) is 15.2 Å². The summed E-state index contributed by atoms with van der Waals surface area (Å²) in [6, 6.07) is 6.08. The Bertz CT molecular complexity index is 711. The lowest BCUT2D eigenvalue weighted by Gasteiger charge is -2.23. The fourth-order valence-electron chi connectivity index (χ4n) is 2.68. The van der Waals surface area contributed by atoms with Crippen LogP contribution < -0.4 is 10.1 Å². The van der Waals surface area contributed by atoms with Gasteiger partial charge in [0.05, 0.1) is 5.69 Å². The van der Waals surface area contributed by atoms with Crippen molar-refractivity contribution in [1.29, 1.82) is 0 Å². The number of hydrogen-bond donors (Lipinski definition) is 1. The highest BCUT2D eigenvalue weighted by Gasteiger charge is 2.26. The Morgan fingerprint density at radius 2 is 2.21 bits per heavy atom. The molecular weight excluding hydrogens is 329 g/mol. The Hall–Kier alpha value is -1.99. The average Bonchev–Trinajstić information content (AvgIpc) is 3.23. The van der Waals surface area contributed by atoms with Gasteiger partial charge in [-0.2, -0.15) is 0 Å². The lowest BCUT2D eigenvalue weighted by molar-refractivity contribution is 0.0747. The van der Waals surface area contributed by atoms with Crippen LogP contribution in [0.3, 0.4) is 0 Å². The van der Waals surface area contributed by atoms with Crippen LogP contribution in [0.15, 0.2) is 24.3 Å². The number of carbonyl (C=O) groups excluding carboxylic acids is 1. The van der Waals surface area contributed by atoms with Crippen LogP contribution >= 0.6 is 11.3 Å². The molecule has 1 atom stereocenters. The van der Waals surface area contributed by atoms with E-state index in [4.69, 9.17) is 4.74 Å². The molecule has 5 nitrogen and oxygen atoms in total. The Kier molecular flexibility index (Phi) is 5.11. The number of amides is 1. The van der Waals surface area contributed by atoms with Gasteiger partial charge in [0.25, 0.3) is 5.91 Å². The number of aryl methyl sites for hydroxylation is 1. The number of thiazole rings is 1. The zero-order chi connectivity index (χ0) is 17.1. The minimum atomic E-state index is -0.301. The molecule has 1 N–H and O–H groups in total. The number of ether oxygens (including phenoxy) is 1. The first kappa shape index (κ1) is 16.9. The molecule has 0 bridgehead atoms. The zero-order valence-corrected chi connectivity index (χ0v) is 14.5. The van der Waals surface area contributed by atoms with Gasteiger partial charge in [-0.15, -0.1) is 11.3 Å². The smallest absolute Gasteiger partial charge is 0.265 e. The van der Waals surface area contributed by atoms with Gasteiger partial charge in [0, 0.05) is 19.6 Å². The molecule has 0 radical (unpaired) electrons. The van der Waals surface area contributed by atoms with Gasteiger partial charge in [0.1, 0.15) is 28.1 Å². The van der Waals surface area contributed by atoms with E-state index in [2.05, 4.69) is 10.3 Å². The molecule has 0 spiro atoms. The second kappa shape index (κ2) is 7.27. The molecule has 2 heterocycles. The second-order valence-electron chi connectivity index (χ2n) is 5.83. The van der Waals surface area contributed by atoms with Crippen LogP contribution in [0.2, 0.25) is 0 Å². The van der Waals surface area contributed by atoms with Gasteiger partial charge in [-0.05, 0) is 44.2 Å². The summed E-state index contributed by atoms with van der Waals surface area (Å²) >= 11 is 1.36. The fourth-order valence-corrected chi connectivity index (χ4v) is 3.65. The van der Waals surface area contributed by atoms with Gasteiger partial charge < -0.3 is 15.0 Å². The van der Waals surface area contributed by atoms with Gasteiger partial charge in [0.2, 0.25) is 0 Å². The molecule has 3 rings (SSSR count). The van der Waals surface area contributed by atoms with Crippen LogP contribution in [0.4, 0.5) is 4.39 Å². The molecule has 7 heteroatoms. The largest absolute Gasteiger partial charge is 0.486 e. The molecule has 1 fully saturated rings. The van der Waals surface area contributed by atoms with Crippen LogP contribution in [-0.2, 0) is 6.61 Å². The predicted molar refractivity (Wildman–Crippen MR) is 91.0 cm³/mol. The van der Waals surface area contributed by atoms with Crippen molar-refractivity contribution in [2.75, 3.05) is 20.1 Å².